The summed E-state index contributed by atoms with van der Waals surface area (Å²) in [6.45, 7) is 7.40. The molecule has 0 unspecified atom stereocenters. The molecule has 1 amide bonds. The molecule has 0 spiro atoms. The second kappa shape index (κ2) is 9.91. The van der Waals surface area contributed by atoms with Crippen LogP contribution in [0.4, 0.5) is 11.6 Å². The lowest BCUT2D eigenvalue weighted by molar-refractivity contribution is 0.102. The van der Waals surface area contributed by atoms with E-state index in [0.717, 1.165) is 17.0 Å². The monoisotopic (exact) mass is 541 g/mol. The van der Waals surface area contributed by atoms with Gasteiger partial charge >= 0.3 is 0 Å². The van der Waals surface area contributed by atoms with Crippen LogP contribution in [0.3, 0.4) is 0 Å². The van der Waals surface area contributed by atoms with Crippen molar-refractivity contribution in [1.29, 1.82) is 0 Å². The van der Waals surface area contributed by atoms with Gasteiger partial charge in [-0.25, -0.2) is 28.1 Å². The van der Waals surface area contributed by atoms with E-state index in [2.05, 4.69) is 25.1 Å². The zero-order chi connectivity index (χ0) is 27.9. The molecule has 5 rings (SSSR count). The molecule has 10 nitrogen and oxygen atoms in total. The first-order valence-corrected chi connectivity index (χ1v) is 13.7. The fourth-order valence-corrected chi connectivity index (χ4v) is 5.45. The maximum atomic E-state index is 13.5. The fraction of sp³-hybridized carbons (Fsp3) is 0.179. The van der Waals surface area contributed by atoms with Crippen LogP contribution >= 0.6 is 0 Å². The van der Waals surface area contributed by atoms with E-state index in [0.29, 0.717) is 39.2 Å². The molecular weight excluding hydrogens is 514 g/mol. The van der Waals surface area contributed by atoms with Gasteiger partial charge in [0.05, 0.1) is 27.4 Å². The van der Waals surface area contributed by atoms with Gasteiger partial charge in [0.1, 0.15) is 0 Å². The molecule has 0 aliphatic rings. The Labute approximate surface area is 226 Å². The Balaban J connectivity index is 1.43. The minimum Gasteiger partial charge on any atom is -0.322 e. The second-order valence-electron chi connectivity index (χ2n) is 9.30. The largest absolute Gasteiger partial charge is 0.322 e. The summed E-state index contributed by atoms with van der Waals surface area (Å²) < 4.78 is 29.9. The SMILES string of the molecule is Cc1cc(C)nc(NS(=O)(=O)c2ccc(NC(=O)c3cc(-c4c(C)nn(C)c4C)nc4ccccc34)cc2)n1. The zero-order valence-corrected chi connectivity index (χ0v) is 23.0. The quantitative estimate of drug-likeness (QED) is 0.318. The number of hydrogen-bond acceptors (Lipinski definition) is 7. The van der Waals surface area contributed by atoms with Crippen molar-refractivity contribution in [2.75, 3.05) is 10.0 Å². The highest BCUT2D eigenvalue weighted by molar-refractivity contribution is 7.92. The van der Waals surface area contributed by atoms with E-state index in [1.807, 2.05) is 45.2 Å². The summed E-state index contributed by atoms with van der Waals surface area (Å²) in [5, 5.41) is 8.07. The molecule has 2 aromatic carbocycles. The van der Waals surface area contributed by atoms with Crippen molar-refractivity contribution >= 4 is 38.5 Å². The Morgan fingerprint density at radius 2 is 1.54 bits per heavy atom. The number of nitrogens with one attached hydrogen (secondary N) is 2. The van der Waals surface area contributed by atoms with Gasteiger partial charge in [0.15, 0.2) is 0 Å². The maximum Gasteiger partial charge on any atom is 0.264 e. The molecule has 2 N–H and O–H groups in total. The number of amides is 1. The Morgan fingerprint density at radius 3 is 2.18 bits per heavy atom. The molecule has 0 bridgehead atoms. The summed E-state index contributed by atoms with van der Waals surface area (Å²) in [6.07, 6.45) is 0. The van der Waals surface area contributed by atoms with Crippen LogP contribution in [0.5, 0.6) is 0 Å². The first-order chi connectivity index (χ1) is 18.5. The zero-order valence-electron chi connectivity index (χ0n) is 22.1. The van der Waals surface area contributed by atoms with Crippen LogP contribution in [0.15, 0.2) is 65.6 Å². The van der Waals surface area contributed by atoms with Crippen molar-refractivity contribution in [3.63, 3.8) is 0 Å². The maximum absolute atomic E-state index is 13.5. The number of hydrogen-bond donors (Lipinski definition) is 2. The molecular formula is C28H27N7O3S. The standard InChI is InChI=1S/C28H27N7O3S/c1-16-14-17(2)30-28(29-16)34-39(37,38)21-12-10-20(11-13-21)31-27(36)23-15-25(26-18(3)33-35(5)19(26)4)32-24-9-7-6-8-22(23)24/h6-15H,1-5H3,(H,31,36)(H,29,30,34). The lowest BCUT2D eigenvalue weighted by Gasteiger charge is -2.12. The third-order valence-electron chi connectivity index (χ3n) is 6.36. The predicted molar refractivity (Wildman–Crippen MR) is 150 cm³/mol. The van der Waals surface area contributed by atoms with Gasteiger partial charge in [-0.1, -0.05) is 18.2 Å². The van der Waals surface area contributed by atoms with Crippen molar-refractivity contribution in [2.24, 2.45) is 7.05 Å². The molecule has 39 heavy (non-hydrogen) atoms. The highest BCUT2D eigenvalue weighted by Gasteiger charge is 2.20. The first-order valence-electron chi connectivity index (χ1n) is 12.2. The van der Waals surface area contributed by atoms with Crippen molar-refractivity contribution in [1.82, 2.24) is 24.7 Å². The van der Waals surface area contributed by atoms with E-state index in [-0.39, 0.29) is 16.8 Å². The molecule has 0 atom stereocenters. The summed E-state index contributed by atoms with van der Waals surface area (Å²) in [5.41, 5.74) is 6.18. The molecule has 0 saturated carbocycles. The van der Waals surface area contributed by atoms with Gasteiger partial charge in [-0.2, -0.15) is 5.10 Å². The first kappa shape index (κ1) is 26.0. The van der Waals surface area contributed by atoms with Crippen LogP contribution < -0.4 is 10.0 Å². The molecule has 11 heteroatoms. The number of pyridine rings is 1. The van der Waals surface area contributed by atoms with E-state index in [9.17, 15) is 13.2 Å². The van der Waals surface area contributed by atoms with E-state index >= 15 is 0 Å². The number of rotatable bonds is 6. The molecule has 3 heterocycles. The second-order valence-corrected chi connectivity index (χ2v) is 11.0. The number of aromatic nitrogens is 5. The number of para-hydroxylation sites is 1. The number of aryl methyl sites for hydroxylation is 4. The number of nitrogens with zero attached hydrogens (tertiary/aromatic N) is 5. The predicted octanol–water partition coefficient (Wildman–Crippen LogP) is 4.71. The minimum atomic E-state index is -3.92. The number of anilines is 2. The number of fused-ring (bicyclic) bond motifs is 1. The number of carbonyl (C=O) groups excluding carboxylic acids is 1. The lowest BCUT2D eigenvalue weighted by Crippen LogP contribution is -2.16. The highest BCUT2D eigenvalue weighted by Crippen LogP contribution is 2.30. The van der Waals surface area contributed by atoms with Gasteiger partial charge in [0.2, 0.25) is 5.95 Å². The summed E-state index contributed by atoms with van der Waals surface area (Å²) in [7, 11) is -2.05. The summed E-state index contributed by atoms with van der Waals surface area (Å²) in [6, 6.07) is 16.9. The van der Waals surface area contributed by atoms with Crippen LogP contribution in [-0.4, -0.2) is 39.1 Å². The molecule has 3 aromatic heterocycles. The van der Waals surface area contributed by atoms with Crippen molar-refractivity contribution < 1.29 is 13.2 Å². The van der Waals surface area contributed by atoms with Gasteiger partial charge in [-0.15, -0.1) is 0 Å². The van der Waals surface area contributed by atoms with E-state index in [4.69, 9.17) is 4.98 Å². The van der Waals surface area contributed by atoms with Crippen LogP contribution in [-0.2, 0) is 17.1 Å². The lowest BCUT2D eigenvalue weighted by atomic mass is 10.0. The third kappa shape index (κ3) is 5.21. The van der Waals surface area contributed by atoms with E-state index in [1.165, 1.54) is 24.3 Å². The number of carbonyl (C=O) groups is 1. The van der Waals surface area contributed by atoms with Crippen LogP contribution in [0.25, 0.3) is 22.2 Å². The average Bonchev–Trinajstić information content (AvgIpc) is 3.13. The summed E-state index contributed by atoms with van der Waals surface area (Å²) in [5.74, 6) is -0.337. The Bertz CT molecular complexity index is 1830. The Kier molecular flexibility index (Phi) is 6.61. The molecule has 0 aliphatic heterocycles. The number of benzene rings is 2. The fourth-order valence-electron chi connectivity index (χ4n) is 4.50. The van der Waals surface area contributed by atoms with Gasteiger partial charge in [-0.3, -0.25) is 9.48 Å². The van der Waals surface area contributed by atoms with Crippen LogP contribution in [0, 0.1) is 27.7 Å². The molecule has 5 aromatic rings. The Morgan fingerprint density at radius 1 is 0.872 bits per heavy atom. The van der Waals surface area contributed by atoms with Crippen molar-refractivity contribution in [3.05, 3.63) is 89.0 Å². The minimum absolute atomic E-state index is 0.00402. The van der Waals surface area contributed by atoms with Gasteiger partial charge in [-0.05, 0) is 70.2 Å². The Hall–Kier alpha value is -4.64. The molecule has 198 valence electrons. The van der Waals surface area contributed by atoms with Crippen molar-refractivity contribution in [3.8, 4) is 11.3 Å². The highest BCUT2D eigenvalue weighted by atomic mass is 32.2. The van der Waals surface area contributed by atoms with Gasteiger partial charge in [0, 0.05) is 40.8 Å². The molecule has 0 fully saturated rings. The number of sulfonamides is 1. The van der Waals surface area contributed by atoms with E-state index < -0.39 is 10.0 Å². The smallest absolute Gasteiger partial charge is 0.264 e. The normalized spacial score (nSPS) is 11.5. The van der Waals surface area contributed by atoms with Crippen LogP contribution in [0.1, 0.15) is 33.1 Å². The van der Waals surface area contributed by atoms with Crippen molar-refractivity contribution in [2.45, 2.75) is 32.6 Å². The molecule has 0 saturated heterocycles. The topological polar surface area (TPSA) is 132 Å². The average molecular weight is 542 g/mol. The summed E-state index contributed by atoms with van der Waals surface area (Å²) in [4.78, 5) is 26.5. The van der Waals surface area contributed by atoms with E-state index in [1.54, 1.807) is 30.7 Å². The van der Waals surface area contributed by atoms with Crippen LogP contribution in [0.2, 0.25) is 0 Å². The third-order valence-corrected chi connectivity index (χ3v) is 7.70. The molecule has 0 radical (unpaired) electrons. The van der Waals surface area contributed by atoms with Gasteiger partial charge in [0.25, 0.3) is 15.9 Å². The molecule has 0 aliphatic carbocycles. The van der Waals surface area contributed by atoms with Gasteiger partial charge < -0.3 is 5.32 Å². The summed E-state index contributed by atoms with van der Waals surface area (Å²) >= 11 is 0.